The fourth-order valence-corrected chi connectivity index (χ4v) is 3.57. The third kappa shape index (κ3) is 2.90. The third-order valence-electron chi connectivity index (χ3n) is 2.84. The molecule has 0 amide bonds. The molecule has 0 saturated heterocycles. The minimum atomic E-state index is 0.579. The molecule has 15 heavy (non-hydrogen) atoms. The maximum absolute atomic E-state index is 5.95. The molecule has 1 nitrogen and oxygen atoms in total. The standard InChI is InChI=1S/C12H16ClNS/c13-10-5-6-12(9(7-10)8-14)15-11-3-1-2-4-11/h5-7,11H,1-4,8,14H2. The van der Waals surface area contributed by atoms with Crippen molar-refractivity contribution >= 4 is 23.4 Å². The summed E-state index contributed by atoms with van der Waals surface area (Å²) in [6.45, 7) is 0.579. The van der Waals surface area contributed by atoms with Gasteiger partial charge in [0.1, 0.15) is 0 Å². The lowest BCUT2D eigenvalue weighted by atomic mass is 10.2. The Kier molecular flexibility index (Phi) is 3.95. The zero-order chi connectivity index (χ0) is 10.7. The largest absolute Gasteiger partial charge is 0.326 e. The van der Waals surface area contributed by atoms with Crippen LogP contribution in [-0.2, 0) is 6.54 Å². The first-order valence-electron chi connectivity index (χ1n) is 5.45. The van der Waals surface area contributed by atoms with Crippen LogP contribution >= 0.6 is 23.4 Å². The Morgan fingerprint density at radius 3 is 2.73 bits per heavy atom. The van der Waals surface area contributed by atoms with Crippen LogP contribution in [0.1, 0.15) is 31.2 Å². The summed E-state index contributed by atoms with van der Waals surface area (Å²) in [5.74, 6) is 0. The first kappa shape index (κ1) is 11.3. The van der Waals surface area contributed by atoms with Crippen molar-refractivity contribution in [3.63, 3.8) is 0 Å². The fourth-order valence-electron chi connectivity index (χ4n) is 2.01. The summed E-state index contributed by atoms with van der Waals surface area (Å²) in [5, 5.41) is 1.57. The van der Waals surface area contributed by atoms with Crippen LogP contribution in [0.25, 0.3) is 0 Å². The number of hydrogen-bond acceptors (Lipinski definition) is 2. The van der Waals surface area contributed by atoms with Crippen molar-refractivity contribution < 1.29 is 0 Å². The highest BCUT2D eigenvalue weighted by molar-refractivity contribution is 8.00. The summed E-state index contributed by atoms with van der Waals surface area (Å²) >= 11 is 7.92. The average molecular weight is 242 g/mol. The Morgan fingerprint density at radius 2 is 2.07 bits per heavy atom. The van der Waals surface area contributed by atoms with Gasteiger partial charge in [-0.2, -0.15) is 0 Å². The van der Waals surface area contributed by atoms with Gasteiger partial charge >= 0.3 is 0 Å². The molecule has 2 rings (SSSR count). The monoisotopic (exact) mass is 241 g/mol. The highest BCUT2D eigenvalue weighted by Crippen LogP contribution is 2.36. The second kappa shape index (κ2) is 5.24. The number of thioether (sulfide) groups is 1. The molecular formula is C12H16ClNS. The average Bonchev–Trinajstić information content (AvgIpc) is 2.73. The van der Waals surface area contributed by atoms with E-state index in [4.69, 9.17) is 17.3 Å². The first-order valence-corrected chi connectivity index (χ1v) is 6.70. The molecule has 1 fully saturated rings. The van der Waals surface area contributed by atoms with Crippen molar-refractivity contribution in [3.05, 3.63) is 28.8 Å². The molecule has 0 aliphatic heterocycles. The van der Waals surface area contributed by atoms with Crippen LogP contribution in [0.3, 0.4) is 0 Å². The number of rotatable bonds is 3. The fraction of sp³-hybridized carbons (Fsp3) is 0.500. The molecule has 0 radical (unpaired) electrons. The number of halogens is 1. The van der Waals surface area contributed by atoms with Gasteiger partial charge in [-0.15, -0.1) is 11.8 Å². The summed E-state index contributed by atoms with van der Waals surface area (Å²) in [4.78, 5) is 1.31. The van der Waals surface area contributed by atoms with Gasteiger partial charge in [-0.1, -0.05) is 24.4 Å². The molecule has 0 aromatic heterocycles. The van der Waals surface area contributed by atoms with E-state index in [0.29, 0.717) is 6.54 Å². The van der Waals surface area contributed by atoms with Crippen LogP contribution in [0.2, 0.25) is 5.02 Å². The molecule has 3 heteroatoms. The molecule has 0 spiro atoms. The molecule has 1 saturated carbocycles. The third-order valence-corrected chi connectivity index (χ3v) is 4.53. The van der Waals surface area contributed by atoms with Gasteiger partial charge in [0, 0.05) is 21.7 Å². The Morgan fingerprint density at radius 1 is 1.33 bits per heavy atom. The molecule has 1 aromatic carbocycles. The van der Waals surface area contributed by atoms with E-state index < -0.39 is 0 Å². The van der Waals surface area contributed by atoms with E-state index in [1.165, 1.54) is 36.1 Å². The van der Waals surface area contributed by atoms with Gasteiger partial charge in [-0.25, -0.2) is 0 Å². The van der Waals surface area contributed by atoms with Gasteiger partial charge < -0.3 is 5.73 Å². The minimum Gasteiger partial charge on any atom is -0.326 e. The Bertz CT molecular complexity index is 334. The lowest BCUT2D eigenvalue weighted by Crippen LogP contribution is -2.01. The molecule has 0 heterocycles. The van der Waals surface area contributed by atoms with Crippen molar-refractivity contribution in [1.29, 1.82) is 0 Å². The van der Waals surface area contributed by atoms with Crippen molar-refractivity contribution in [2.75, 3.05) is 0 Å². The topological polar surface area (TPSA) is 26.0 Å². The maximum Gasteiger partial charge on any atom is 0.0410 e. The Hall–Kier alpha value is -0.180. The quantitative estimate of drug-likeness (QED) is 0.871. The van der Waals surface area contributed by atoms with Crippen LogP contribution in [0.15, 0.2) is 23.1 Å². The minimum absolute atomic E-state index is 0.579. The van der Waals surface area contributed by atoms with E-state index in [2.05, 4.69) is 6.07 Å². The van der Waals surface area contributed by atoms with Crippen LogP contribution in [0.5, 0.6) is 0 Å². The molecular weight excluding hydrogens is 226 g/mol. The van der Waals surface area contributed by atoms with E-state index in [1.807, 2.05) is 23.9 Å². The van der Waals surface area contributed by atoms with Crippen molar-refractivity contribution in [2.45, 2.75) is 42.4 Å². The SMILES string of the molecule is NCc1cc(Cl)ccc1SC1CCCC1. The Labute approximate surface area is 100 Å². The summed E-state index contributed by atoms with van der Waals surface area (Å²) in [7, 11) is 0. The predicted octanol–water partition coefficient (Wildman–Crippen LogP) is 3.83. The van der Waals surface area contributed by atoms with E-state index >= 15 is 0 Å². The smallest absolute Gasteiger partial charge is 0.0410 e. The molecule has 0 unspecified atom stereocenters. The highest BCUT2D eigenvalue weighted by atomic mass is 35.5. The van der Waals surface area contributed by atoms with Crippen molar-refractivity contribution in [3.8, 4) is 0 Å². The van der Waals surface area contributed by atoms with Crippen LogP contribution in [0, 0.1) is 0 Å². The van der Waals surface area contributed by atoms with Gasteiger partial charge in [0.05, 0.1) is 0 Å². The van der Waals surface area contributed by atoms with Gasteiger partial charge in [0.15, 0.2) is 0 Å². The summed E-state index contributed by atoms with van der Waals surface area (Å²) in [6, 6.07) is 6.05. The second-order valence-electron chi connectivity index (χ2n) is 3.98. The van der Waals surface area contributed by atoms with Crippen LogP contribution in [-0.4, -0.2) is 5.25 Å². The Balaban J connectivity index is 2.12. The lowest BCUT2D eigenvalue weighted by Gasteiger charge is -2.12. The second-order valence-corrected chi connectivity index (χ2v) is 5.76. The highest BCUT2D eigenvalue weighted by Gasteiger charge is 2.17. The van der Waals surface area contributed by atoms with Gasteiger partial charge in [-0.3, -0.25) is 0 Å². The first-order chi connectivity index (χ1) is 7.29. The number of hydrogen-bond donors (Lipinski definition) is 1. The van der Waals surface area contributed by atoms with Crippen molar-refractivity contribution in [1.82, 2.24) is 0 Å². The van der Waals surface area contributed by atoms with Gasteiger partial charge in [0.25, 0.3) is 0 Å². The van der Waals surface area contributed by atoms with Gasteiger partial charge in [0.2, 0.25) is 0 Å². The summed E-state index contributed by atoms with van der Waals surface area (Å²) in [5.41, 5.74) is 6.90. The van der Waals surface area contributed by atoms with E-state index in [9.17, 15) is 0 Å². The molecule has 1 aliphatic rings. The van der Waals surface area contributed by atoms with E-state index in [0.717, 1.165) is 10.3 Å². The molecule has 82 valence electrons. The molecule has 2 N–H and O–H groups in total. The molecule has 1 aromatic rings. The molecule has 0 bridgehead atoms. The van der Waals surface area contributed by atoms with Crippen LogP contribution in [0.4, 0.5) is 0 Å². The number of benzene rings is 1. The van der Waals surface area contributed by atoms with E-state index in [1.54, 1.807) is 0 Å². The van der Waals surface area contributed by atoms with E-state index in [-0.39, 0.29) is 0 Å². The summed E-state index contributed by atoms with van der Waals surface area (Å²) < 4.78 is 0. The van der Waals surface area contributed by atoms with Gasteiger partial charge in [-0.05, 0) is 36.6 Å². The zero-order valence-corrected chi connectivity index (χ0v) is 10.3. The normalized spacial score (nSPS) is 17.2. The predicted molar refractivity (Wildman–Crippen MR) is 67.5 cm³/mol. The van der Waals surface area contributed by atoms with Crippen molar-refractivity contribution in [2.24, 2.45) is 5.73 Å². The van der Waals surface area contributed by atoms with Crippen LogP contribution < -0.4 is 5.73 Å². The molecule has 0 atom stereocenters. The number of nitrogens with two attached hydrogens (primary N) is 1. The maximum atomic E-state index is 5.95. The molecule has 1 aliphatic carbocycles. The zero-order valence-electron chi connectivity index (χ0n) is 8.71. The summed E-state index contributed by atoms with van der Waals surface area (Å²) in [6.07, 6.45) is 5.45. The lowest BCUT2D eigenvalue weighted by molar-refractivity contribution is 0.886.